The number of fused-ring (bicyclic) bond motifs is 1. The number of hydrogen-bond acceptors (Lipinski definition) is 6. The Morgan fingerprint density at radius 1 is 1.11 bits per heavy atom. The Morgan fingerprint density at radius 3 is 2.71 bits per heavy atom. The van der Waals surface area contributed by atoms with Crippen LogP contribution in [-0.4, -0.2) is 43.7 Å². The number of hydrazone groups is 1. The number of benzene rings is 1. The highest BCUT2D eigenvalue weighted by molar-refractivity contribution is 7.17. The van der Waals surface area contributed by atoms with Crippen LogP contribution in [0.1, 0.15) is 64.0 Å². The zero-order valence-electron chi connectivity index (χ0n) is 20.5. The molecule has 2 aliphatic rings. The second-order valence-corrected chi connectivity index (χ2v) is 10.1. The van der Waals surface area contributed by atoms with E-state index in [2.05, 4.69) is 15.7 Å². The van der Waals surface area contributed by atoms with Gasteiger partial charge >= 0.3 is 0 Å². The predicted octanol–water partition coefficient (Wildman–Crippen LogP) is 4.13. The van der Waals surface area contributed by atoms with Gasteiger partial charge in [0.25, 0.3) is 11.8 Å². The summed E-state index contributed by atoms with van der Waals surface area (Å²) < 4.78 is 5.06. The molecule has 0 saturated carbocycles. The number of ether oxygens (including phenoxy) is 1. The molecule has 2 aromatic rings. The van der Waals surface area contributed by atoms with E-state index in [9.17, 15) is 14.4 Å². The number of nitrogens with zero attached hydrogens (tertiary/aromatic N) is 2. The monoisotopic (exact) mass is 496 g/mol. The minimum Gasteiger partial charge on any atom is -0.385 e. The van der Waals surface area contributed by atoms with Gasteiger partial charge in [-0.2, -0.15) is 5.10 Å². The largest absolute Gasteiger partial charge is 0.385 e. The van der Waals surface area contributed by atoms with Crippen molar-refractivity contribution in [3.63, 3.8) is 0 Å². The Balaban J connectivity index is 1.58. The molecule has 9 heteroatoms. The number of hydrogen-bond donors (Lipinski definition) is 2. The normalized spacial score (nSPS) is 15.5. The van der Waals surface area contributed by atoms with Gasteiger partial charge in [0, 0.05) is 38.0 Å². The highest BCUT2D eigenvalue weighted by atomic mass is 32.1. The van der Waals surface area contributed by atoms with Gasteiger partial charge in [0.1, 0.15) is 10.7 Å². The maximum absolute atomic E-state index is 13.3. The van der Waals surface area contributed by atoms with E-state index >= 15 is 0 Å². The Kier molecular flexibility index (Phi) is 7.97. The first-order valence-electron chi connectivity index (χ1n) is 12.1. The van der Waals surface area contributed by atoms with E-state index in [1.54, 1.807) is 7.11 Å². The Hall–Kier alpha value is -3.04. The zero-order valence-corrected chi connectivity index (χ0v) is 21.3. The molecule has 1 aliphatic carbocycles. The van der Waals surface area contributed by atoms with Crippen molar-refractivity contribution in [2.75, 3.05) is 30.6 Å². The molecule has 4 rings (SSSR count). The first kappa shape index (κ1) is 25.1. The molecule has 0 atom stereocenters. The van der Waals surface area contributed by atoms with Crippen molar-refractivity contribution in [2.45, 2.75) is 58.8 Å². The van der Waals surface area contributed by atoms with Crippen LogP contribution < -0.4 is 15.6 Å². The predicted molar refractivity (Wildman–Crippen MR) is 138 cm³/mol. The summed E-state index contributed by atoms with van der Waals surface area (Å²) in [5, 5.41) is 12.3. The van der Waals surface area contributed by atoms with Crippen LogP contribution in [0.2, 0.25) is 0 Å². The summed E-state index contributed by atoms with van der Waals surface area (Å²) in [5.74, 6) is -0.689. The molecule has 1 aromatic carbocycles. The molecule has 1 aromatic heterocycles. The molecular weight excluding hydrogens is 464 g/mol. The Labute approximate surface area is 209 Å². The summed E-state index contributed by atoms with van der Waals surface area (Å²) in [5.41, 5.74) is 4.49. The number of nitrogens with one attached hydrogen (secondary N) is 2. The molecule has 2 heterocycles. The lowest BCUT2D eigenvalue weighted by Crippen LogP contribution is -2.37. The zero-order chi connectivity index (χ0) is 24.9. The summed E-state index contributed by atoms with van der Waals surface area (Å²) in [7, 11) is 1.63. The van der Waals surface area contributed by atoms with Crippen LogP contribution in [0.15, 0.2) is 23.3 Å². The number of carbonyl (C=O) groups is 3. The maximum atomic E-state index is 13.3. The molecule has 0 bridgehead atoms. The van der Waals surface area contributed by atoms with E-state index in [1.165, 1.54) is 16.3 Å². The van der Waals surface area contributed by atoms with E-state index in [0.717, 1.165) is 53.7 Å². The minimum absolute atomic E-state index is 0.141. The van der Waals surface area contributed by atoms with Crippen LogP contribution in [-0.2, 0) is 27.2 Å². The Morgan fingerprint density at radius 2 is 1.91 bits per heavy atom. The molecule has 0 radical (unpaired) electrons. The van der Waals surface area contributed by atoms with Crippen LogP contribution in [0, 0.1) is 13.8 Å². The smallest absolute Gasteiger partial charge is 0.272 e. The standard InChI is InChI=1S/C26H32N4O4S/c1-16-9-10-17(2)20(15-16)30-22(31)12-11-19(29-30)24(32)28-26-23(25(33)27-13-6-14-34-3)18-7-4-5-8-21(18)35-26/h9-10,15H,4-8,11-14H2,1-3H3,(H,27,33)(H,28,32). The SMILES string of the molecule is COCCCNC(=O)c1c(NC(=O)C2=NN(c3cc(C)ccc3C)C(=O)CC2)sc2c1CCCC2. The number of thiophene rings is 1. The number of rotatable bonds is 8. The summed E-state index contributed by atoms with van der Waals surface area (Å²) in [6.07, 6.45) is 5.03. The number of methoxy groups -OCH3 is 1. The molecule has 3 amide bonds. The average Bonchev–Trinajstić information content (AvgIpc) is 3.21. The lowest BCUT2D eigenvalue weighted by Gasteiger charge is -2.24. The van der Waals surface area contributed by atoms with Gasteiger partial charge in [-0.1, -0.05) is 12.1 Å². The third-order valence-corrected chi connectivity index (χ3v) is 7.53. The fourth-order valence-corrected chi connectivity index (χ4v) is 5.71. The second-order valence-electron chi connectivity index (χ2n) is 9.01. The van der Waals surface area contributed by atoms with Crippen molar-refractivity contribution < 1.29 is 19.1 Å². The topological polar surface area (TPSA) is 100 Å². The first-order chi connectivity index (χ1) is 16.9. The van der Waals surface area contributed by atoms with Gasteiger partial charge in [-0.3, -0.25) is 14.4 Å². The van der Waals surface area contributed by atoms with Gasteiger partial charge in [-0.05, 0) is 68.7 Å². The van der Waals surface area contributed by atoms with Crippen LogP contribution in [0.5, 0.6) is 0 Å². The quantitative estimate of drug-likeness (QED) is 0.537. The van der Waals surface area contributed by atoms with Gasteiger partial charge in [-0.15, -0.1) is 11.3 Å². The van der Waals surface area contributed by atoms with Gasteiger partial charge in [0.15, 0.2) is 0 Å². The van der Waals surface area contributed by atoms with E-state index < -0.39 is 0 Å². The summed E-state index contributed by atoms with van der Waals surface area (Å²) in [6, 6.07) is 5.82. The molecule has 0 fully saturated rings. The molecular formula is C26H32N4O4S. The van der Waals surface area contributed by atoms with Crippen LogP contribution >= 0.6 is 11.3 Å². The molecule has 186 valence electrons. The lowest BCUT2D eigenvalue weighted by molar-refractivity contribution is -0.118. The van der Waals surface area contributed by atoms with Gasteiger partial charge in [0.2, 0.25) is 5.91 Å². The fourth-order valence-electron chi connectivity index (χ4n) is 4.43. The highest BCUT2D eigenvalue weighted by Crippen LogP contribution is 2.38. The van der Waals surface area contributed by atoms with Crippen molar-refractivity contribution >= 4 is 45.5 Å². The highest BCUT2D eigenvalue weighted by Gasteiger charge is 2.30. The van der Waals surface area contributed by atoms with E-state index in [1.807, 2.05) is 32.0 Å². The lowest BCUT2D eigenvalue weighted by atomic mass is 9.95. The average molecular weight is 497 g/mol. The third-order valence-electron chi connectivity index (χ3n) is 6.32. The number of aryl methyl sites for hydroxylation is 3. The third kappa shape index (κ3) is 5.62. The van der Waals surface area contributed by atoms with Crippen molar-refractivity contribution in [1.82, 2.24) is 5.32 Å². The van der Waals surface area contributed by atoms with E-state index in [4.69, 9.17) is 4.74 Å². The molecule has 0 saturated heterocycles. The summed E-state index contributed by atoms with van der Waals surface area (Å²) in [6.45, 7) is 4.94. The van der Waals surface area contributed by atoms with Crippen molar-refractivity contribution in [3.8, 4) is 0 Å². The molecule has 8 nitrogen and oxygen atoms in total. The number of anilines is 2. The number of amides is 3. The van der Waals surface area contributed by atoms with E-state index in [0.29, 0.717) is 29.4 Å². The van der Waals surface area contributed by atoms with Crippen LogP contribution in [0.25, 0.3) is 0 Å². The molecule has 0 unspecified atom stereocenters. The van der Waals surface area contributed by atoms with E-state index in [-0.39, 0.29) is 36.3 Å². The second kappa shape index (κ2) is 11.1. The fraction of sp³-hybridized carbons (Fsp3) is 0.462. The van der Waals surface area contributed by atoms with Crippen molar-refractivity contribution in [1.29, 1.82) is 0 Å². The molecule has 35 heavy (non-hydrogen) atoms. The minimum atomic E-state index is -0.375. The molecule has 0 spiro atoms. The van der Waals surface area contributed by atoms with Gasteiger partial charge < -0.3 is 15.4 Å². The molecule has 2 N–H and O–H groups in total. The first-order valence-corrected chi connectivity index (χ1v) is 12.9. The van der Waals surface area contributed by atoms with Crippen LogP contribution in [0.4, 0.5) is 10.7 Å². The number of carbonyl (C=O) groups excluding carboxylic acids is 3. The summed E-state index contributed by atoms with van der Waals surface area (Å²) >= 11 is 1.48. The molecule has 1 aliphatic heterocycles. The summed E-state index contributed by atoms with van der Waals surface area (Å²) in [4.78, 5) is 40.2. The van der Waals surface area contributed by atoms with Crippen molar-refractivity contribution in [3.05, 3.63) is 45.3 Å². The van der Waals surface area contributed by atoms with Gasteiger partial charge in [-0.25, -0.2) is 5.01 Å². The maximum Gasteiger partial charge on any atom is 0.272 e. The van der Waals surface area contributed by atoms with Crippen molar-refractivity contribution in [2.24, 2.45) is 5.10 Å². The van der Waals surface area contributed by atoms with Crippen LogP contribution in [0.3, 0.4) is 0 Å². The van der Waals surface area contributed by atoms with Gasteiger partial charge in [0.05, 0.1) is 11.3 Å². The Bertz CT molecular complexity index is 1170.